The van der Waals surface area contributed by atoms with Crippen LogP contribution in [0.5, 0.6) is 0 Å². The number of benzene rings is 2. The number of hydrogen-bond acceptors (Lipinski definition) is 7. The molecule has 0 spiro atoms. The first-order chi connectivity index (χ1) is 16.1. The van der Waals surface area contributed by atoms with Gasteiger partial charge in [-0.1, -0.05) is 11.3 Å². The van der Waals surface area contributed by atoms with E-state index in [1.807, 2.05) is 0 Å². The first-order valence-electron chi connectivity index (χ1n) is 10.6. The van der Waals surface area contributed by atoms with Crippen molar-refractivity contribution in [2.45, 2.75) is 29.2 Å². The Morgan fingerprint density at radius 1 is 1.03 bits per heavy atom. The minimum absolute atomic E-state index is 0.149. The number of carbonyl (C=O) groups excluding carboxylic acids is 1. The molecular formula is C22H25N3O6S3. The van der Waals surface area contributed by atoms with Crippen LogP contribution in [0.4, 0.5) is 0 Å². The van der Waals surface area contributed by atoms with Crippen LogP contribution in [0, 0.1) is 0 Å². The standard InChI is InChI=1S/C22H25N3O6S3/c1-31-14-13-25-19-10-9-18(33(2,27)28)15-20(19)32-22(25)23-21(26)16-5-7-17(8-6-16)34(29,30)24-11-3-4-12-24/h5-10,15H,3-4,11-14H2,1-2H3. The molecule has 0 atom stereocenters. The normalized spacial score (nSPS) is 15.9. The molecule has 34 heavy (non-hydrogen) atoms. The Bertz CT molecular complexity index is 1500. The van der Waals surface area contributed by atoms with Gasteiger partial charge >= 0.3 is 0 Å². The molecule has 1 aromatic heterocycles. The predicted octanol–water partition coefficient (Wildman–Crippen LogP) is 2.28. The summed E-state index contributed by atoms with van der Waals surface area (Å²) in [5.41, 5.74) is 1.00. The van der Waals surface area contributed by atoms with Gasteiger partial charge in [0.05, 0.1) is 26.6 Å². The Kier molecular flexibility index (Phi) is 7.06. The number of sulfonamides is 1. The highest BCUT2D eigenvalue weighted by molar-refractivity contribution is 7.90. The summed E-state index contributed by atoms with van der Waals surface area (Å²) in [7, 11) is -5.38. The van der Waals surface area contributed by atoms with Crippen molar-refractivity contribution >= 4 is 47.3 Å². The maximum absolute atomic E-state index is 12.9. The second-order valence-electron chi connectivity index (χ2n) is 7.98. The number of hydrogen-bond donors (Lipinski definition) is 0. The summed E-state index contributed by atoms with van der Waals surface area (Å²) in [6, 6.07) is 10.6. The largest absolute Gasteiger partial charge is 0.383 e. The van der Waals surface area contributed by atoms with Gasteiger partial charge < -0.3 is 9.30 Å². The van der Waals surface area contributed by atoms with Crippen molar-refractivity contribution in [3.8, 4) is 0 Å². The third kappa shape index (κ3) is 5.01. The van der Waals surface area contributed by atoms with Crippen LogP contribution in [-0.4, -0.2) is 64.7 Å². The fraction of sp³-hybridized carbons (Fsp3) is 0.364. The number of nitrogens with zero attached hydrogens (tertiary/aromatic N) is 3. The van der Waals surface area contributed by atoms with Crippen LogP contribution in [0.2, 0.25) is 0 Å². The molecule has 9 nitrogen and oxygen atoms in total. The lowest BCUT2D eigenvalue weighted by atomic mass is 10.2. The quantitative estimate of drug-likeness (QED) is 0.469. The fourth-order valence-electron chi connectivity index (χ4n) is 3.77. The van der Waals surface area contributed by atoms with Crippen molar-refractivity contribution in [2.24, 2.45) is 4.99 Å². The maximum atomic E-state index is 12.9. The van der Waals surface area contributed by atoms with Crippen molar-refractivity contribution < 1.29 is 26.4 Å². The molecule has 1 saturated heterocycles. The minimum Gasteiger partial charge on any atom is -0.383 e. The number of ether oxygens (including phenoxy) is 1. The molecule has 1 fully saturated rings. The molecule has 0 aliphatic carbocycles. The molecule has 1 amide bonds. The number of amides is 1. The lowest BCUT2D eigenvalue weighted by Gasteiger charge is -2.15. The van der Waals surface area contributed by atoms with E-state index in [-0.39, 0.29) is 15.4 Å². The zero-order valence-corrected chi connectivity index (χ0v) is 21.2. The van der Waals surface area contributed by atoms with Crippen LogP contribution in [0.1, 0.15) is 23.2 Å². The van der Waals surface area contributed by atoms with Gasteiger partial charge in [-0.05, 0) is 55.3 Å². The van der Waals surface area contributed by atoms with Crippen molar-refractivity contribution in [3.63, 3.8) is 0 Å². The van der Waals surface area contributed by atoms with E-state index in [1.165, 1.54) is 46.0 Å². The molecule has 1 aliphatic heterocycles. The molecule has 12 heteroatoms. The van der Waals surface area contributed by atoms with Crippen molar-refractivity contribution in [2.75, 3.05) is 33.1 Å². The van der Waals surface area contributed by atoms with Crippen LogP contribution in [0.25, 0.3) is 10.2 Å². The van der Waals surface area contributed by atoms with Gasteiger partial charge in [-0.3, -0.25) is 4.79 Å². The average molecular weight is 524 g/mol. The maximum Gasteiger partial charge on any atom is 0.279 e. The van der Waals surface area contributed by atoms with Crippen LogP contribution >= 0.6 is 11.3 Å². The highest BCUT2D eigenvalue weighted by atomic mass is 32.2. The van der Waals surface area contributed by atoms with Crippen LogP contribution in [0.15, 0.2) is 57.2 Å². The second-order valence-corrected chi connectivity index (χ2v) is 12.9. The molecule has 1 aliphatic rings. The molecule has 4 rings (SSSR count). The summed E-state index contributed by atoms with van der Waals surface area (Å²) in [5, 5.41) is 0. The number of sulfone groups is 1. The van der Waals surface area contributed by atoms with E-state index in [4.69, 9.17) is 4.74 Å². The average Bonchev–Trinajstić information content (AvgIpc) is 3.45. The van der Waals surface area contributed by atoms with Crippen LogP contribution in [-0.2, 0) is 31.1 Å². The van der Waals surface area contributed by atoms with Gasteiger partial charge in [0.1, 0.15) is 0 Å². The zero-order chi connectivity index (χ0) is 24.5. The van der Waals surface area contributed by atoms with E-state index in [0.29, 0.717) is 35.7 Å². The second kappa shape index (κ2) is 9.70. The highest BCUT2D eigenvalue weighted by Gasteiger charge is 2.27. The van der Waals surface area contributed by atoms with Crippen molar-refractivity contribution in [3.05, 3.63) is 52.8 Å². The van der Waals surface area contributed by atoms with E-state index >= 15 is 0 Å². The number of carbonyl (C=O) groups is 1. The van der Waals surface area contributed by atoms with Gasteiger partial charge in [0.15, 0.2) is 14.6 Å². The van der Waals surface area contributed by atoms with E-state index in [2.05, 4.69) is 4.99 Å². The summed E-state index contributed by atoms with van der Waals surface area (Å²) < 4.78 is 58.4. The van der Waals surface area contributed by atoms with Gasteiger partial charge in [-0.2, -0.15) is 9.30 Å². The van der Waals surface area contributed by atoms with Gasteiger partial charge in [0.25, 0.3) is 5.91 Å². The molecule has 0 bridgehead atoms. The summed E-state index contributed by atoms with van der Waals surface area (Å²) in [4.78, 5) is 17.9. The molecule has 182 valence electrons. The monoisotopic (exact) mass is 523 g/mol. The molecular weight excluding hydrogens is 498 g/mol. The van der Waals surface area contributed by atoms with Gasteiger partial charge in [0.2, 0.25) is 10.0 Å². The summed E-state index contributed by atoms with van der Waals surface area (Å²) in [5.74, 6) is -0.522. The first-order valence-corrected chi connectivity index (χ1v) is 14.8. The SMILES string of the molecule is COCCn1c(=NC(=O)c2ccc(S(=O)(=O)N3CCCC3)cc2)sc2cc(S(C)(=O)=O)ccc21. The number of methoxy groups -OCH3 is 1. The topological polar surface area (TPSA) is 115 Å². The van der Waals surface area contributed by atoms with E-state index in [9.17, 15) is 21.6 Å². The van der Waals surface area contributed by atoms with E-state index in [1.54, 1.807) is 23.8 Å². The van der Waals surface area contributed by atoms with Gasteiger partial charge in [-0.25, -0.2) is 16.8 Å². The number of fused-ring (bicyclic) bond motifs is 1. The van der Waals surface area contributed by atoms with E-state index in [0.717, 1.165) is 24.6 Å². The Hall–Kier alpha value is -2.38. The third-order valence-electron chi connectivity index (χ3n) is 5.60. The van der Waals surface area contributed by atoms with E-state index < -0.39 is 25.8 Å². The number of rotatable bonds is 7. The molecule has 2 heterocycles. The number of aromatic nitrogens is 1. The lowest BCUT2D eigenvalue weighted by molar-refractivity contribution is 0.0997. The Labute approximate surface area is 202 Å². The predicted molar refractivity (Wildman–Crippen MR) is 129 cm³/mol. The van der Waals surface area contributed by atoms with Gasteiger partial charge in [0, 0.05) is 38.6 Å². The Morgan fingerprint density at radius 2 is 1.68 bits per heavy atom. The molecule has 3 aromatic rings. The fourth-order valence-corrected chi connectivity index (χ4v) is 7.10. The first kappa shape index (κ1) is 24.7. The summed E-state index contributed by atoms with van der Waals surface area (Å²) >= 11 is 1.20. The molecule has 0 radical (unpaired) electrons. The molecule has 0 N–H and O–H groups in total. The zero-order valence-electron chi connectivity index (χ0n) is 18.8. The van der Waals surface area contributed by atoms with Gasteiger partial charge in [-0.15, -0.1) is 0 Å². The smallest absolute Gasteiger partial charge is 0.279 e. The Balaban J connectivity index is 1.70. The highest BCUT2D eigenvalue weighted by Crippen LogP contribution is 2.23. The third-order valence-corrected chi connectivity index (χ3v) is 9.67. The molecule has 2 aromatic carbocycles. The number of thiazole rings is 1. The lowest BCUT2D eigenvalue weighted by Crippen LogP contribution is -2.27. The van der Waals surface area contributed by atoms with Crippen LogP contribution in [0.3, 0.4) is 0 Å². The Morgan fingerprint density at radius 3 is 2.29 bits per heavy atom. The summed E-state index contributed by atoms with van der Waals surface area (Å²) in [6.07, 6.45) is 2.83. The van der Waals surface area contributed by atoms with Crippen molar-refractivity contribution in [1.82, 2.24) is 8.87 Å². The van der Waals surface area contributed by atoms with Crippen LogP contribution < -0.4 is 4.80 Å². The minimum atomic E-state index is -3.56. The van der Waals surface area contributed by atoms with Crippen molar-refractivity contribution in [1.29, 1.82) is 0 Å². The molecule has 0 saturated carbocycles. The molecule has 0 unspecified atom stereocenters. The summed E-state index contributed by atoms with van der Waals surface area (Å²) in [6.45, 7) is 1.82.